The second kappa shape index (κ2) is 21.8. The van der Waals surface area contributed by atoms with Crippen molar-refractivity contribution in [3.05, 3.63) is 83.9 Å². The molecule has 0 bridgehead atoms. The third-order valence-corrected chi connectivity index (χ3v) is 6.78. The summed E-state index contributed by atoms with van der Waals surface area (Å²) in [6.45, 7) is 8.62. The molecule has 0 N–H and O–H groups in total. The zero-order valence-corrected chi connectivity index (χ0v) is 26.4. The van der Waals surface area contributed by atoms with Crippen molar-refractivity contribution < 1.29 is 26.7 Å². The van der Waals surface area contributed by atoms with E-state index in [0.29, 0.717) is 0 Å². The van der Waals surface area contributed by atoms with E-state index >= 15 is 0 Å². The van der Waals surface area contributed by atoms with Gasteiger partial charge in [-0.15, -0.1) is 11.5 Å². The Hall–Kier alpha value is -2.91. The Balaban J connectivity index is 0.000000451. The largest absolute Gasteiger partial charge is 2.00 e. The van der Waals surface area contributed by atoms with Crippen LogP contribution >= 0.6 is 0 Å². The fourth-order valence-electron chi connectivity index (χ4n) is 4.51. The number of nitrogens with zero attached hydrogens (tertiary/aromatic N) is 2. The Bertz CT molecular complexity index is 1160. The van der Waals surface area contributed by atoms with Crippen molar-refractivity contribution in [2.45, 2.75) is 105 Å². The van der Waals surface area contributed by atoms with Crippen LogP contribution in [-0.2, 0) is 29.3 Å². The van der Waals surface area contributed by atoms with Crippen LogP contribution in [0.15, 0.2) is 82.8 Å². The van der Waals surface area contributed by atoms with E-state index in [9.17, 15) is 10.2 Å². The van der Waals surface area contributed by atoms with E-state index in [0.717, 1.165) is 85.3 Å². The molecule has 0 unspecified atom stereocenters. The van der Waals surface area contributed by atoms with Crippen LogP contribution in [0.3, 0.4) is 0 Å². The SMILES string of the molecule is CCCCCC(=Nc1ccccc1)C(CCCC)=Nc1ccccc1.CCCCc1ccc([O-])c([O-])c1CCC.[Ni+2]. The van der Waals surface area contributed by atoms with E-state index in [1.54, 1.807) is 0 Å². The number of para-hydroxylation sites is 2. The van der Waals surface area contributed by atoms with Gasteiger partial charge in [0.15, 0.2) is 0 Å². The molecule has 0 spiro atoms. The summed E-state index contributed by atoms with van der Waals surface area (Å²) in [4.78, 5) is 9.92. The molecule has 0 amide bonds. The molecule has 3 rings (SSSR count). The standard InChI is InChI=1S/C23H30N2.C13H20O2.Ni/c1-3-5-9-19-23(25-21-16-12-8-13-17-21)22(18-6-4-2)24-20-14-10-7-11-15-20;1-3-5-7-10-8-9-12(14)13(15)11(10)6-4-2;/h7-8,10-17H,3-6,9,18-19H2,1-2H3;8-9,14-15H,3-7H2,1-2H3;/q;;+2/p-2. The summed E-state index contributed by atoms with van der Waals surface area (Å²) in [6.07, 6.45) is 12.7. The monoisotopic (exact) mass is 598 g/mol. The summed E-state index contributed by atoms with van der Waals surface area (Å²) in [5, 5.41) is 22.9. The van der Waals surface area contributed by atoms with Gasteiger partial charge in [-0.2, -0.15) is 0 Å². The zero-order valence-electron chi connectivity index (χ0n) is 25.4. The van der Waals surface area contributed by atoms with Gasteiger partial charge < -0.3 is 10.2 Å². The predicted molar refractivity (Wildman–Crippen MR) is 169 cm³/mol. The minimum atomic E-state index is -0.362. The molecule has 0 aliphatic rings. The topological polar surface area (TPSA) is 70.8 Å². The van der Waals surface area contributed by atoms with Crippen molar-refractivity contribution in [1.82, 2.24) is 0 Å². The zero-order chi connectivity index (χ0) is 29.0. The maximum atomic E-state index is 11.6. The van der Waals surface area contributed by atoms with Crippen molar-refractivity contribution in [3.63, 3.8) is 0 Å². The van der Waals surface area contributed by atoms with Gasteiger partial charge in [0.2, 0.25) is 0 Å². The number of hydrogen-bond donors (Lipinski definition) is 0. The van der Waals surface area contributed by atoms with Gasteiger partial charge in [0.1, 0.15) is 0 Å². The maximum absolute atomic E-state index is 11.6. The van der Waals surface area contributed by atoms with Crippen molar-refractivity contribution in [3.8, 4) is 11.5 Å². The number of aliphatic imine (C=N–C) groups is 2. The summed E-state index contributed by atoms with van der Waals surface area (Å²) in [7, 11) is 0. The predicted octanol–water partition coefficient (Wildman–Crippen LogP) is 9.43. The summed E-state index contributed by atoms with van der Waals surface area (Å²) < 4.78 is 0. The Kier molecular flexibility index (Phi) is 19.2. The molecule has 3 aromatic carbocycles. The summed E-state index contributed by atoms with van der Waals surface area (Å²) in [5.74, 6) is -0.649. The normalized spacial score (nSPS) is 11.4. The molecular formula is C36H48N2NiO2. The molecule has 224 valence electrons. The van der Waals surface area contributed by atoms with Gasteiger partial charge in [-0.05, 0) is 74.8 Å². The molecule has 0 atom stereocenters. The molecule has 3 aromatic rings. The van der Waals surface area contributed by atoms with E-state index in [4.69, 9.17) is 9.98 Å². The van der Waals surface area contributed by atoms with Crippen LogP contribution in [0.5, 0.6) is 11.5 Å². The van der Waals surface area contributed by atoms with Crippen LogP contribution in [-0.4, -0.2) is 11.4 Å². The van der Waals surface area contributed by atoms with Gasteiger partial charge in [0.05, 0.1) is 22.8 Å². The molecular weight excluding hydrogens is 551 g/mol. The molecule has 0 fully saturated rings. The fraction of sp³-hybridized carbons (Fsp3) is 0.444. The molecule has 0 radical (unpaired) electrons. The average molecular weight is 599 g/mol. The fourth-order valence-corrected chi connectivity index (χ4v) is 4.51. The number of hydrogen-bond acceptors (Lipinski definition) is 4. The third kappa shape index (κ3) is 13.5. The molecule has 0 aliphatic heterocycles. The van der Waals surface area contributed by atoms with Crippen LogP contribution < -0.4 is 10.2 Å². The second-order valence-electron chi connectivity index (χ2n) is 10.2. The maximum Gasteiger partial charge on any atom is 2.00 e. The van der Waals surface area contributed by atoms with E-state index in [-0.39, 0.29) is 28.0 Å². The second-order valence-corrected chi connectivity index (χ2v) is 10.2. The summed E-state index contributed by atoms with van der Waals surface area (Å²) in [5.41, 5.74) is 6.16. The molecule has 4 nitrogen and oxygen atoms in total. The van der Waals surface area contributed by atoms with Crippen molar-refractivity contribution in [2.24, 2.45) is 9.98 Å². The van der Waals surface area contributed by atoms with Crippen molar-refractivity contribution in [1.29, 1.82) is 0 Å². The van der Waals surface area contributed by atoms with Crippen LogP contribution in [0, 0.1) is 0 Å². The van der Waals surface area contributed by atoms with Gasteiger partial charge >= 0.3 is 16.5 Å². The Labute approximate surface area is 259 Å². The van der Waals surface area contributed by atoms with Crippen LogP contribution in [0.4, 0.5) is 11.4 Å². The number of unbranched alkanes of at least 4 members (excludes halogenated alkanes) is 4. The number of rotatable bonds is 15. The third-order valence-electron chi connectivity index (χ3n) is 6.78. The Morgan fingerprint density at radius 1 is 0.561 bits per heavy atom. The first-order valence-electron chi connectivity index (χ1n) is 15.3. The first kappa shape index (κ1) is 36.1. The molecule has 0 heterocycles. The molecule has 0 aliphatic carbocycles. The first-order chi connectivity index (χ1) is 19.5. The smallest absolute Gasteiger partial charge is 0.873 e. The van der Waals surface area contributed by atoms with E-state index < -0.39 is 0 Å². The average Bonchev–Trinajstić information content (AvgIpc) is 2.98. The van der Waals surface area contributed by atoms with Crippen LogP contribution in [0.1, 0.15) is 103 Å². The molecule has 0 saturated heterocycles. The van der Waals surface area contributed by atoms with E-state index in [1.807, 2.05) is 49.4 Å². The molecule has 5 heteroatoms. The summed E-state index contributed by atoms with van der Waals surface area (Å²) in [6, 6.07) is 23.7. The van der Waals surface area contributed by atoms with E-state index in [1.165, 1.54) is 31.7 Å². The van der Waals surface area contributed by atoms with Crippen molar-refractivity contribution >= 4 is 22.8 Å². The first-order valence-corrected chi connectivity index (χ1v) is 15.3. The minimum Gasteiger partial charge on any atom is -0.873 e. The Morgan fingerprint density at radius 3 is 1.56 bits per heavy atom. The quantitative estimate of drug-likeness (QED) is 0.0992. The number of benzene rings is 3. The molecule has 41 heavy (non-hydrogen) atoms. The van der Waals surface area contributed by atoms with Gasteiger partial charge in [-0.25, -0.2) is 0 Å². The van der Waals surface area contributed by atoms with Gasteiger partial charge in [-0.1, -0.05) is 114 Å². The molecule has 0 saturated carbocycles. The van der Waals surface area contributed by atoms with Gasteiger partial charge in [0, 0.05) is 0 Å². The molecule has 0 aromatic heterocycles. The van der Waals surface area contributed by atoms with Gasteiger partial charge in [0.25, 0.3) is 0 Å². The number of aryl methyl sites for hydroxylation is 1. The van der Waals surface area contributed by atoms with Crippen LogP contribution in [0.25, 0.3) is 0 Å². The Morgan fingerprint density at radius 2 is 1.07 bits per heavy atom. The van der Waals surface area contributed by atoms with E-state index in [2.05, 4.69) is 45.0 Å². The van der Waals surface area contributed by atoms with Gasteiger partial charge in [-0.3, -0.25) is 9.98 Å². The summed E-state index contributed by atoms with van der Waals surface area (Å²) >= 11 is 0. The minimum absolute atomic E-state index is 0. The van der Waals surface area contributed by atoms with Crippen molar-refractivity contribution in [2.75, 3.05) is 0 Å². The van der Waals surface area contributed by atoms with Crippen LogP contribution in [0.2, 0.25) is 0 Å².